The van der Waals surface area contributed by atoms with Crippen LogP contribution in [0.3, 0.4) is 0 Å². The first-order valence-corrected chi connectivity index (χ1v) is 19.1. The van der Waals surface area contributed by atoms with Crippen LogP contribution in [-0.4, -0.2) is 19.5 Å². The minimum absolute atomic E-state index is 0.490. The maximum atomic E-state index is 5.47. The Labute approximate surface area is 310 Å². The molecule has 2 aliphatic carbocycles. The van der Waals surface area contributed by atoms with Crippen molar-refractivity contribution in [3.05, 3.63) is 186 Å². The van der Waals surface area contributed by atoms with Gasteiger partial charge in [-0.2, -0.15) is 4.98 Å². The molecular weight excluding hydrogens is 665 g/mol. The van der Waals surface area contributed by atoms with Crippen molar-refractivity contribution in [1.29, 1.82) is 0 Å². The number of rotatable bonds is 2. The lowest BCUT2D eigenvalue weighted by Crippen LogP contribution is -2.32. The summed E-state index contributed by atoms with van der Waals surface area (Å²) in [5.74, 6) is 0.632. The van der Waals surface area contributed by atoms with E-state index in [0.717, 1.165) is 40.5 Å². The van der Waals surface area contributed by atoms with Gasteiger partial charge in [-0.05, 0) is 87.5 Å². The summed E-state index contributed by atoms with van der Waals surface area (Å²) in [5, 5.41) is 5.69. The van der Waals surface area contributed by atoms with Crippen molar-refractivity contribution in [3.8, 4) is 17.1 Å². The fourth-order valence-electron chi connectivity index (χ4n) is 9.39. The Hall–Kier alpha value is -6.30. The fourth-order valence-corrected chi connectivity index (χ4v) is 10.6. The van der Waals surface area contributed by atoms with Crippen LogP contribution in [0.15, 0.2) is 168 Å². The van der Waals surface area contributed by atoms with Gasteiger partial charge in [0, 0.05) is 37.5 Å². The topological polar surface area (TPSA) is 43.6 Å². The van der Waals surface area contributed by atoms with E-state index in [9.17, 15) is 0 Å². The van der Waals surface area contributed by atoms with Crippen LogP contribution in [0.5, 0.6) is 0 Å². The second kappa shape index (κ2) is 10.9. The van der Waals surface area contributed by atoms with Gasteiger partial charge in [-0.1, -0.05) is 133 Å². The Kier molecular flexibility index (Phi) is 6.00. The largest absolute Gasteiger partial charge is 0.277 e. The van der Waals surface area contributed by atoms with Gasteiger partial charge in [0.25, 0.3) is 0 Å². The van der Waals surface area contributed by atoms with Gasteiger partial charge in [0.05, 0.1) is 22.1 Å². The third-order valence-corrected chi connectivity index (χ3v) is 12.7. The van der Waals surface area contributed by atoms with Crippen LogP contribution >= 0.6 is 11.8 Å². The average molecular weight is 695 g/mol. The average Bonchev–Trinajstić information content (AvgIpc) is 3.71. The lowest BCUT2D eigenvalue weighted by atomic mass is 9.67. The smallest absolute Gasteiger partial charge is 0.237 e. The summed E-state index contributed by atoms with van der Waals surface area (Å²) in [4.78, 5) is 18.1. The van der Waals surface area contributed by atoms with Crippen LogP contribution in [0.25, 0.3) is 66.3 Å². The van der Waals surface area contributed by atoms with Gasteiger partial charge in [-0.25, -0.2) is 9.97 Å². The number of aromatic nitrogens is 4. The van der Waals surface area contributed by atoms with E-state index in [-0.39, 0.29) is 0 Å². The molecule has 4 heterocycles. The highest BCUT2D eigenvalue weighted by Gasteiger charge is 2.50. The van der Waals surface area contributed by atoms with Crippen molar-refractivity contribution in [2.75, 3.05) is 0 Å². The molecule has 3 aliphatic rings. The highest BCUT2D eigenvalue weighted by atomic mass is 32.2. The lowest BCUT2D eigenvalue weighted by molar-refractivity contribution is 0.723. The second-order valence-corrected chi connectivity index (χ2v) is 15.3. The molecule has 1 spiro atoms. The molecule has 0 saturated heterocycles. The maximum absolute atomic E-state index is 5.47. The Morgan fingerprint density at radius 1 is 0.585 bits per heavy atom. The molecule has 4 nitrogen and oxygen atoms in total. The number of hydrogen-bond acceptors (Lipinski definition) is 4. The van der Waals surface area contributed by atoms with Crippen LogP contribution in [0, 0.1) is 0 Å². The summed E-state index contributed by atoms with van der Waals surface area (Å²) >= 11 is 1.88. The van der Waals surface area contributed by atoms with E-state index in [0.29, 0.717) is 11.6 Å². The summed E-state index contributed by atoms with van der Waals surface area (Å²) in [7, 11) is 0. The van der Waals surface area contributed by atoms with Crippen molar-refractivity contribution >= 4 is 60.9 Å². The summed E-state index contributed by atoms with van der Waals surface area (Å²) in [6.45, 7) is 0. The van der Waals surface area contributed by atoms with Crippen molar-refractivity contribution in [3.63, 3.8) is 0 Å². The van der Waals surface area contributed by atoms with E-state index in [1.165, 1.54) is 64.7 Å². The first kappa shape index (κ1) is 29.3. The molecule has 3 aromatic heterocycles. The van der Waals surface area contributed by atoms with Crippen LogP contribution < -0.4 is 0 Å². The maximum Gasteiger partial charge on any atom is 0.237 e. The van der Waals surface area contributed by atoms with Crippen LogP contribution in [0.2, 0.25) is 0 Å². The van der Waals surface area contributed by atoms with Crippen molar-refractivity contribution in [1.82, 2.24) is 19.5 Å². The molecule has 0 amide bonds. The molecule has 12 rings (SSSR count). The monoisotopic (exact) mass is 694 g/mol. The Morgan fingerprint density at radius 3 is 2.17 bits per heavy atom. The predicted octanol–water partition coefficient (Wildman–Crippen LogP) is 11.8. The van der Waals surface area contributed by atoms with Crippen LogP contribution in [0.1, 0.15) is 40.8 Å². The Bertz CT molecular complexity index is 3070. The van der Waals surface area contributed by atoms with Gasteiger partial charge in [0.2, 0.25) is 5.95 Å². The minimum atomic E-state index is -0.490. The number of allylic oxidation sites excluding steroid dienone is 4. The van der Waals surface area contributed by atoms with Crippen molar-refractivity contribution in [2.45, 2.75) is 28.0 Å². The zero-order valence-electron chi connectivity index (χ0n) is 28.6. The molecule has 248 valence electrons. The molecule has 53 heavy (non-hydrogen) atoms. The van der Waals surface area contributed by atoms with E-state index in [1.807, 2.05) is 24.0 Å². The second-order valence-electron chi connectivity index (χ2n) is 14.2. The number of benzene rings is 6. The number of hydrogen-bond donors (Lipinski definition) is 0. The van der Waals surface area contributed by atoms with Crippen LogP contribution in [-0.2, 0) is 5.41 Å². The standard InChI is InChI=1S/C48H30N4S/c1-2-14-30(15-3-1)44-35-19-12-26-49-46(35)51-47(50-44)52-41-28-40-43(27-36(41)34-25-24-29-13-4-5-16-31(29)45(34)52)53-42-23-11-10-22-39(42)48(40)37-20-8-6-17-32(37)33-18-7-9-21-38(33)48/h2,4-28H,1,3H2. The third-order valence-electron chi connectivity index (χ3n) is 11.5. The summed E-state index contributed by atoms with van der Waals surface area (Å²) in [6.07, 6.45) is 10.6. The molecule has 0 bridgehead atoms. The molecular formula is C48H30N4S. The summed E-state index contributed by atoms with van der Waals surface area (Å²) in [6, 6.07) is 49.2. The Morgan fingerprint density at radius 2 is 1.34 bits per heavy atom. The molecule has 1 aliphatic heterocycles. The highest BCUT2D eigenvalue weighted by molar-refractivity contribution is 7.99. The molecule has 0 fully saturated rings. The molecule has 5 heteroatoms. The summed E-state index contributed by atoms with van der Waals surface area (Å²) in [5.41, 5.74) is 12.3. The van der Waals surface area contributed by atoms with Gasteiger partial charge in [-0.3, -0.25) is 4.57 Å². The Balaban J connectivity index is 1.26. The van der Waals surface area contributed by atoms with E-state index in [2.05, 4.69) is 150 Å². The van der Waals surface area contributed by atoms with Gasteiger partial charge in [0.1, 0.15) is 0 Å². The van der Waals surface area contributed by atoms with Crippen molar-refractivity contribution < 1.29 is 0 Å². The summed E-state index contributed by atoms with van der Waals surface area (Å²) < 4.78 is 2.32. The molecule has 9 aromatic rings. The molecule has 6 aromatic carbocycles. The van der Waals surface area contributed by atoms with Crippen molar-refractivity contribution in [2.24, 2.45) is 0 Å². The van der Waals surface area contributed by atoms with E-state index in [1.54, 1.807) is 0 Å². The first-order valence-electron chi connectivity index (χ1n) is 18.3. The molecule has 0 N–H and O–H groups in total. The SMILES string of the molecule is C1=CC(c2nc(-n3c4cc5c(cc4c4ccc6ccccc6c43)Sc3ccccc3C53c4ccccc4-c4ccccc43)nc3ncccc23)=CCC1. The van der Waals surface area contributed by atoms with Gasteiger partial charge < -0.3 is 0 Å². The molecule has 0 atom stereocenters. The third kappa shape index (κ3) is 3.89. The minimum Gasteiger partial charge on any atom is -0.277 e. The lowest BCUT2D eigenvalue weighted by Gasteiger charge is -2.39. The van der Waals surface area contributed by atoms with E-state index in [4.69, 9.17) is 15.0 Å². The van der Waals surface area contributed by atoms with Crippen LogP contribution in [0.4, 0.5) is 0 Å². The molecule has 0 saturated carbocycles. The highest BCUT2D eigenvalue weighted by Crippen LogP contribution is 2.62. The fraction of sp³-hybridized carbons (Fsp3) is 0.0625. The van der Waals surface area contributed by atoms with Gasteiger partial charge >= 0.3 is 0 Å². The predicted molar refractivity (Wildman–Crippen MR) is 217 cm³/mol. The number of pyridine rings is 1. The quantitative estimate of drug-likeness (QED) is 0.181. The first-order chi connectivity index (χ1) is 26.3. The molecule has 0 radical (unpaired) electrons. The zero-order chi connectivity index (χ0) is 34.7. The normalized spacial score (nSPS) is 15.1. The van der Waals surface area contributed by atoms with Gasteiger partial charge in [-0.15, -0.1) is 0 Å². The van der Waals surface area contributed by atoms with E-state index >= 15 is 0 Å². The number of fused-ring (bicyclic) bond motifs is 15. The number of nitrogens with zero attached hydrogens (tertiary/aromatic N) is 4. The zero-order valence-corrected chi connectivity index (χ0v) is 29.4. The van der Waals surface area contributed by atoms with E-state index < -0.39 is 5.41 Å². The van der Waals surface area contributed by atoms with Gasteiger partial charge in [0.15, 0.2) is 5.65 Å². The molecule has 0 unspecified atom stereocenters.